The number of aryl methyl sites for hydroxylation is 1. The number of carbonyl (C=O) groups is 1. The zero-order valence-electron chi connectivity index (χ0n) is 11.2. The zero-order valence-corrected chi connectivity index (χ0v) is 11.2. The van der Waals surface area contributed by atoms with Gasteiger partial charge >= 0.3 is 0 Å². The molecule has 2 aromatic rings. The van der Waals surface area contributed by atoms with Gasteiger partial charge in [-0.25, -0.2) is 4.98 Å². The van der Waals surface area contributed by atoms with Crippen LogP contribution in [0.2, 0.25) is 0 Å². The van der Waals surface area contributed by atoms with Crippen LogP contribution in [0.3, 0.4) is 0 Å². The lowest BCUT2D eigenvalue weighted by atomic mass is 10.1. The molecule has 2 aromatic heterocycles. The Morgan fingerprint density at radius 1 is 1.21 bits per heavy atom. The summed E-state index contributed by atoms with van der Waals surface area (Å²) >= 11 is 0. The monoisotopic (exact) mass is 256 g/mol. The molecule has 0 aromatic carbocycles. The van der Waals surface area contributed by atoms with Gasteiger partial charge in [0.1, 0.15) is 5.82 Å². The minimum atomic E-state index is -0.136. The van der Waals surface area contributed by atoms with Crippen LogP contribution in [0.5, 0.6) is 0 Å². The van der Waals surface area contributed by atoms with Crippen molar-refractivity contribution in [2.75, 3.05) is 17.7 Å². The van der Waals surface area contributed by atoms with E-state index in [2.05, 4.69) is 20.6 Å². The van der Waals surface area contributed by atoms with Crippen LogP contribution >= 0.6 is 0 Å². The first-order valence-electron chi connectivity index (χ1n) is 5.98. The Morgan fingerprint density at radius 2 is 2.00 bits per heavy atom. The van der Waals surface area contributed by atoms with E-state index in [1.807, 2.05) is 38.4 Å². The molecule has 98 valence electrons. The minimum Gasteiger partial charge on any atom is -0.387 e. The number of hydrogen-bond donors (Lipinski definition) is 2. The Hall–Kier alpha value is -2.43. The number of nitrogens with one attached hydrogen (secondary N) is 2. The van der Waals surface area contributed by atoms with E-state index in [1.54, 1.807) is 6.20 Å². The molecule has 0 unspecified atom stereocenters. The number of aromatic nitrogens is 2. The van der Waals surface area contributed by atoms with Gasteiger partial charge in [0, 0.05) is 31.9 Å². The fourth-order valence-corrected chi connectivity index (χ4v) is 1.80. The van der Waals surface area contributed by atoms with Gasteiger partial charge in [0.15, 0.2) is 0 Å². The molecule has 0 saturated carbocycles. The van der Waals surface area contributed by atoms with E-state index >= 15 is 0 Å². The fraction of sp³-hybridized carbons (Fsp3) is 0.214. The Labute approximate surface area is 112 Å². The summed E-state index contributed by atoms with van der Waals surface area (Å²) in [4.78, 5) is 19.5. The van der Waals surface area contributed by atoms with Gasteiger partial charge in [0.25, 0.3) is 0 Å². The summed E-state index contributed by atoms with van der Waals surface area (Å²) in [5, 5.41) is 5.77. The lowest BCUT2D eigenvalue weighted by molar-refractivity contribution is -0.114. The van der Waals surface area contributed by atoms with Crippen molar-refractivity contribution < 1.29 is 4.79 Å². The smallest absolute Gasteiger partial charge is 0.222 e. The number of nitrogens with zero attached hydrogens (tertiary/aromatic N) is 2. The van der Waals surface area contributed by atoms with Crippen molar-refractivity contribution in [2.24, 2.45) is 0 Å². The molecule has 2 rings (SSSR count). The van der Waals surface area contributed by atoms with Crippen LogP contribution in [-0.4, -0.2) is 22.9 Å². The maximum absolute atomic E-state index is 11.0. The van der Waals surface area contributed by atoms with Crippen molar-refractivity contribution in [1.29, 1.82) is 0 Å². The van der Waals surface area contributed by atoms with Gasteiger partial charge in [0.05, 0.1) is 11.4 Å². The first-order chi connectivity index (χ1) is 9.10. The molecule has 0 radical (unpaired) electrons. The molecular weight excluding hydrogens is 240 g/mol. The minimum absolute atomic E-state index is 0.136. The number of amides is 1. The van der Waals surface area contributed by atoms with Crippen molar-refractivity contribution in [3.05, 3.63) is 36.3 Å². The van der Waals surface area contributed by atoms with Crippen molar-refractivity contribution >= 4 is 17.4 Å². The highest BCUT2D eigenvalue weighted by Gasteiger charge is 2.05. The average Bonchev–Trinajstić information content (AvgIpc) is 2.39. The molecule has 5 heteroatoms. The van der Waals surface area contributed by atoms with Gasteiger partial charge in [-0.15, -0.1) is 0 Å². The quantitative estimate of drug-likeness (QED) is 0.885. The van der Waals surface area contributed by atoms with Crippen molar-refractivity contribution in [3.63, 3.8) is 0 Å². The summed E-state index contributed by atoms with van der Waals surface area (Å²) < 4.78 is 0. The van der Waals surface area contributed by atoms with E-state index in [0.717, 1.165) is 22.5 Å². The molecule has 0 atom stereocenters. The van der Waals surface area contributed by atoms with E-state index in [1.165, 1.54) is 6.92 Å². The Morgan fingerprint density at radius 3 is 2.68 bits per heavy atom. The van der Waals surface area contributed by atoms with Crippen LogP contribution < -0.4 is 10.6 Å². The van der Waals surface area contributed by atoms with Crippen molar-refractivity contribution in [1.82, 2.24) is 9.97 Å². The first-order valence-corrected chi connectivity index (χ1v) is 5.98. The van der Waals surface area contributed by atoms with Gasteiger partial charge in [-0.3, -0.25) is 9.78 Å². The normalized spacial score (nSPS) is 10.1. The lowest BCUT2D eigenvalue weighted by Gasteiger charge is -2.08. The number of carbonyl (C=O) groups excluding carboxylic acids is 1. The van der Waals surface area contributed by atoms with Crippen LogP contribution in [0.1, 0.15) is 12.6 Å². The van der Waals surface area contributed by atoms with Crippen LogP contribution in [-0.2, 0) is 4.79 Å². The summed E-state index contributed by atoms with van der Waals surface area (Å²) in [6, 6.07) is 5.74. The molecular formula is C14H16N4O. The topological polar surface area (TPSA) is 66.9 Å². The molecule has 2 heterocycles. The Kier molecular flexibility index (Phi) is 3.75. The fourth-order valence-electron chi connectivity index (χ4n) is 1.80. The standard InChI is InChI=1S/C14H16N4O/c1-9-13(15-3)6-12(8-17-9)11-4-5-16-14(7-11)18-10(2)19/h4-8,15H,1-3H3,(H,16,18,19). The summed E-state index contributed by atoms with van der Waals surface area (Å²) in [5.41, 5.74) is 3.87. The number of hydrogen-bond acceptors (Lipinski definition) is 4. The molecule has 0 aliphatic rings. The average molecular weight is 256 g/mol. The van der Waals surface area contributed by atoms with Gasteiger partial charge in [-0.2, -0.15) is 0 Å². The maximum atomic E-state index is 11.0. The van der Waals surface area contributed by atoms with Crippen LogP contribution in [0, 0.1) is 6.92 Å². The molecule has 0 spiro atoms. The SMILES string of the molecule is CNc1cc(-c2ccnc(NC(C)=O)c2)cnc1C. The Bertz CT molecular complexity index is 610. The summed E-state index contributed by atoms with van der Waals surface area (Å²) in [6.07, 6.45) is 3.47. The molecule has 19 heavy (non-hydrogen) atoms. The van der Waals surface area contributed by atoms with E-state index in [-0.39, 0.29) is 5.91 Å². The largest absolute Gasteiger partial charge is 0.387 e. The molecule has 0 saturated heterocycles. The number of rotatable bonds is 3. The maximum Gasteiger partial charge on any atom is 0.222 e. The molecule has 1 amide bonds. The molecule has 5 nitrogen and oxygen atoms in total. The predicted octanol–water partition coefficient (Wildman–Crippen LogP) is 2.45. The third kappa shape index (κ3) is 3.07. The summed E-state index contributed by atoms with van der Waals surface area (Å²) in [7, 11) is 1.86. The van der Waals surface area contributed by atoms with Crippen LogP contribution in [0.15, 0.2) is 30.6 Å². The van der Waals surface area contributed by atoms with Crippen molar-refractivity contribution in [3.8, 4) is 11.1 Å². The summed E-state index contributed by atoms with van der Waals surface area (Å²) in [6.45, 7) is 3.41. The first kappa shape index (κ1) is 13.0. The highest BCUT2D eigenvalue weighted by molar-refractivity contribution is 5.88. The second-order valence-corrected chi connectivity index (χ2v) is 4.22. The van der Waals surface area contributed by atoms with Crippen molar-refractivity contribution in [2.45, 2.75) is 13.8 Å². The molecule has 0 bridgehead atoms. The van der Waals surface area contributed by atoms with Gasteiger partial charge in [0.2, 0.25) is 5.91 Å². The lowest BCUT2D eigenvalue weighted by Crippen LogP contribution is -2.07. The molecule has 0 fully saturated rings. The van der Waals surface area contributed by atoms with Crippen LogP contribution in [0.4, 0.5) is 11.5 Å². The molecule has 0 aliphatic heterocycles. The molecule has 2 N–H and O–H groups in total. The third-order valence-electron chi connectivity index (χ3n) is 2.75. The van der Waals surface area contributed by atoms with E-state index in [9.17, 15) is 4.79 Å². The third-order valence-corrected chi connectivity index (χ3v) is 2.75. The highest BCUT2D eigenvalue weighted by Crippen LogP contribution is 2.24. The zero-order chi connectivity index (χ0) is 13.8. The van der Waals surface area contributed by atoms with Gasteiger partial charge in [-0.05, 0) is 30.7 Å². The van der Waals surface area contributed by atoms with E-state index < -0.39 is 0 Å². The van der Waals surface area contributed by atoms with Crippen LogP contribution in [0.25, 0.3) is 11.1 Å². The Balaban J connectivity index is 2.38. The number of anilines is 2. The summed E-state index contributed by atoms with van der Waals surface area (Å²) in [5.74, 6) is 0.402. The second kappa shape index (κ2) is 5.48. The highest BCUT2D eigenvalue weighted by atomic mass is 16.1. The van der Waals surface area contributed by atoms with Gasteiger partial charge < -0.3 is 10.6 Å². The van der Waals surface area contributed by atoms with E-state index in [4.69, 9.17) is 0 Å². The second-order valence-electron chi connectivity index (χ2n) is 4.22. The predicted molar refractivity (Wildman–Crippen MR) is 76.1 cm³/mol. The van der Waals surface area contributed by atoms with Gasteiger partial charge in [-0.1, -0.05) is 0 Å². The number of pyridine rings is 2. The molecule has 0 aliphatic carbocycles. The van der Waals surface area contributed by atoms with E-state index in [0.29, 0.717) is 5.82 Å².